The Kier molecular flexibility index (Phi) is 5.58. The predicted octanol–water partition coefficient (Wildman–Crippen LogP) is 4.26. The van der Waals surface area contributed by atoms with Gasteiger partial charge in [0, 0.05) is 49.8 Å². The van der Waals surface area contributed by atoms with Crippen molar-refractivity contribution >= 4 is 11.6 Å². The molecule has 9 heteroatoms. The third-order valence-electron chi connectivity index (χ3n) is 5.09. The Bertz CT molecular complexity index is 1080. The second-order valence-corrected chi connectivity index (χ2v) is 7.13. The van der Waals surface area contributed by atoms with E-state index in [0.717, 1.165) is 12.1 Å². The third-order valence-corrected chi connectivity index (χ3v) is 5.09. The Morgan fingerprint density at radius 2 is 1.58 bits per heavy atom. The van der Waals surface area contributed by atoms with E-state index in [0.29, 0.717) is 48.8 Å². The van der Waals surface area contributed by atoms with E-state index in [1.807, 2.05) is 4.90 Å². The van der Waals surface area contributed by atoms with Gasteiger partial charge in [0.15, 0.2) is 5.82 Å². The van der Waals surface area contributed by atoms with Gasteiger partial charge in [0.1, 0.15) is 5.82 Å². The van der Waals surface area contributed by atoms with Crippen molar-refractivity contribution in [3.63, 3.8) is 0 Å². The maximum atomic E-state index is 13.4. The number of carbonyl (C=O) groups excluding carboxylic acids is 1. The second-order valence-electron chi connectivity index (χ2n) is 7.13. The van der Waals surface area contributed by atoms with Crippen molar-refractivity contribution in [3.8, 4) is 11.4 Å². The zero-order chi connectivity index (χ0) is 22.0. The summed E-state index contributed by atoms with van der Waals surface area (Å²) in [4.78, 5) is 24.5. The highest BCUT2D eigenvalue weighted by atomic mass is 19.4. The Morgan fingerprint density at radius 1 is 0.903 bits per heavy atom. The molecule has 1 fully saturated rings. The van der Waals surface area contributed by atoms with Crippen LogP contribution in [0.2, 0.25) is 0 Å². The average molecular weight is 430 g/mol. The van der Waals surface area contributed by atoms with E-state index in [2.05, 4.69) is 9.97 Å². The van der Waals surface area contributed by atoms with Gasteiger partial charge in [0.05, 0.1) is 11.1 Å². The molecular formula is C22H18F4N4O. The molecule has 1 aliphatic heterocycles. The number of aromatic nitrogens is 2. The summed E-state index contributed by atoms with van der Waals surface area (Å²) in [5.74, 6) is -0.347. The monoisotopic (exact) mass is 430 g/mol. The van der Waals surface area contributed by atoms with E-state index in [1.54, 1.807) is 23.1 Å². The number of hydrogen-bond donors (Lipinski definition) is 0. The molecule has 0 spiro atoms. The number of alkyl halides is 3. The fraction of sp³-hybridized carbons (Fsp3) is 0.227. The van der Waals surface area contributed by atoms with Gasteiger partial charge in [-0.2, -0.15) is 13.2 Å². The summed E-state index contributed by atoms with van der Waals surface area (Å²) in [6.45, 7) is 1.55. The van der Waals surface area contributed by atoms with Crippen LogP contribution in [0.15, 0.2) is 60.9 Å². The van der Waals surface area contributed by atoms with E-state index in [-0.39, 0.29) is 5.91 Å². The van der Waals surface area contributed by atoms with Gasteiger partial charge in [-0.3, -0.25) is 4.79 Å². The smallest absolute Gasteiger partial charge is 0.368 e. The quantitative estimate of drug-likeness (QED) is 0.583. The number of benzene rings is 2. The average Bonchev–Trinajstić information content (AvgIpc) is 2.78. The summed E-state index contributed by atoms with van der Waals surface area (Å²) < 4.78 is 52.2. The van der Waals surface area contributed by atoms with Crippen LogP contribution in [0.25, 0.3) is 11.4 Å². The molecule has 4 rings (SSSR count). The van der Waals surface area contributed by atoms with Crippen LogP contribution in [0, 0.1) is 5.82 Å². The van der Waals surface area contributed by atoms with Crippen molar-refractivity contribution in [1.29, 1.82) is 0 Å². The Morgan fingerprint density at radius 3 is 2.23 bits per heavy atom. The van der Waals surface area contributed by atoms with Gasteiger partial charge < -0.3 is 9.80 Å². The van der Waals surface area contributed by atoms with Crippen molar-refractivity contribution < 1.29 is 22.4 Å². The minimum Gasteiger partial charge on any atom is -0.368 e. The van der Waals surface area contributed by atoms with Crippen molar-refractivity contribution in [2.75, 3.05) is 31.1 Å². The minimum atomic E-state index is -4.40. The van der Waals surface area contributed by atoms with Crippen LogP contribution in [0.3, 0.4) is 0 Å². The minimum absolute atomic E-state index is 0.255. The summed E-state index contributed by atoms with van der Waals surface area (Å²) in [5, 5.41) is 0. The molecule has 0 bridgehead atoms. The Balaban J connectivity index is 1.40. The van der Waals surface area contributed by atoms with E-state index < -0.39 is 17.6 Å². The number of rotatable bonds is 3. The first-order valence-corrected chi connectivity index (χ1v) is 9.61. The summed E-state index contributed by atoms with van der Waals surface area (Å²) >= 11 is 0. The molecule has 1 aromatic heterocycles. The van der Waals surface area contributed by atoms with Gasteiger partial charge in [-0.25, -0.2) is 14.4 Å². The van der Waals surface area contributed by atoms with E-state index >= 15 is 0 Å². The van der Waals surface area contributed by atoms with Gasteiger partial charge in [0.25, 0.3) is 5.91 Å². The zero-order valence-corrected chi connectivity index (χ0v) is 16.3. The summed E-state index contributed by atoms with van der Waals surface area (Å²) in [7, 11) is 0. The lowest BCUT2D eigenvalue weighted by molar-refractivity contribution is -0.137. The first kappa shape index (κ1) is 20.8. The summed E-state index contributed by atoms with van der Waals surface area (Å²) in [6.07, 6.45) is -1.60. The highest BCUT2D eigenvalue weighted by molar-refractivity contribution is 5.94. The predicted molar refractivity (Wildman–Crippen MR) is 107 cm³/mol. The molecule has 2 heterocycles. The van der Waals surface area contributed by atoms with Gasteiger partial charge in [0.2, 0.25) is 0 Å². The van der Waals surface area contributed by atoms with Crippen molar-refractivity contribution in [2.45, 2.75) is 6.18 Å². The number of anilines is 1. The highest BCUT2D eigenvalue weighted by Gasteiger charge is 2.31. The molecule has 0 radical (unpaired) electrons. The van der Waals surface area contributed by atoms with Crippen LogP contribution in [-0.2, 0) is 6.18 Å². The number of piperazine rings is 1. The molecule has 31 heavy (non-hydrogen) atoms. The molecule has 0 atom stereocenters. The lowest BCUT2D eigenvalue weighted by Gasteiger charge is -2.36. The normalized spacial score (nSPS) is 14.6. The maximum Gasteiger partial charge on any atom is 0.416 e. The fourth-order valence-corrected chi connectivity index (χ4v) is 3.44. The molecule has 0 aliphatic carbocycles. The van der Waals surface area contributed by atoms with Crippen LogP contribution in [0.1, 0.15) is 15.9 Å². The number of nitrogens with zero attached hydrogens (tertiary/aromatic N) is 4. The Labute approximate surface area is 176 Å². The van der Waals surface area contributed by atoms with Crippen LogP contribution < -0.4 is 4.90 Å². The largest absolute Gasteiger partial charge is 0.416 e. The van der Waals surface area contributed by atoms with E-state index in [9.17, 15) is 22.4 Å². The molecular weight excluding hydrogens is 412 g/mol. The van der Waals surface area contributed by atoms with Gasteiger partial charge in [-0.1, -0.05) is 18.2 Å². The van der Waals surface area contributed by atoms with Gasteiger partial charge in [-0.15, -0.1) is 0 Å². The molecule has 5 nitrogen and oxygen atoms in total. The van der Waals surface area contributed by atoms with Crippen LogP contribution in [0.5, 0.6) is 0 Å². The van der Waals surface area contributed by atoms with Crippen molar-refractivity contribution in [2.24, 2.45) is 0 Å². The number of halogens is 4. The maximum absolute atomic E-state index is 13.4. The van der Waals surface area contributed by atoms with E-state index in [1.165, 1.54) is 30.6 Å². The van der Waals surface area contributed by atoms with Crippen molar-refractivity contribution in [1.82, 2.24) is 14.9 Å². The Hall–Kier alpha value is -3.49. The van der Waals surface area contributed by atoms with E-state index in [4.69, 9.17) is 0 Å². The summed E-state index contributed by atoms with van der Waals surface area (Å²) in [5.41, 5.74) is 0.588. The lowest BCUT2D eigenvalue weighted by atomic mass is 10.1. The number of hydrogen-bond acceptors (Lipinski definition) is 4. The van der Waals surface area contributed by atoms with Gasteiger partial charge in [-0.05, 0) is 30.3 Å². The summed E-state index contributed by atoms with van der Waals surface area (Å²) in [6, 6.07) is 11.0. The molecule has 0 unspecified atom stereocenters. The van der Waals surface area contributed by atoms with Gasteiger partial charge >= 0.3 is 6.18 Å². The van der Waals surface area contributed by atoms with Crippen LogP contribution in [0.4, 0.5) is 23.2 Å². The first-order chi connectivity index (χ1) is 14.8. The lowest BCUT2D eigenvalue weighted by Crippen LogP contribution is -2.48. The third kappa shape index (κ3) is 4.65. The highest BCUT2D eigenvalue weighted by Crippen LogP contribution is 2.32. The molecule has 1 aliphatic rings. The molecule has 0 saturated carbocycles. The SMILES string of the molecule is O=C(c1cnc(-c2cccc(F)c2)nc1)N1CCN(c2cccc(C(F)(F)F)c2)CC1. The standard InChI is InChI=1S/C22H18F4N4O/c23-18-5-1-3-15(11-18)20-27-13-16(14-28-20)21(31)30-9-7-29(8-10-30)19-6-2-4-17(12-19)22(24,25)26/h1-6,11-14H,7-10H2. The fourth-order valence-electron chi connectivity index (χ4n) is 3.44. The second kappa shape index (κ2) is 8.33. The first-order valence-electron chi connectivity index (χ1n) is 9.61. The van der Waals surface area contributed by atoms with Crippen molar-refractivity contribution in [3.05, 3.63) is 77.9 Å². The number of amides is 1. The number of carbonyl (C=O) groups is 1. The molecule has 1 saturated heterocycles. The molecule has 2 aromatic carbocycles. The zero-order valence-electron chi connectivity index (χ0n) is 16.3. The molecule has 3 aromatic rings. The molecule has 0 N–H and O–H groups in total. The topological polar surface area (TPSA) is 49.3 Å². The molecule has 1 amide bonds. The molecule has 160 valence electrons. The van der Waals surface area contributed by atoms with Crippen LogP contribution in [-0.4, -0.2) is 47.0 Å². The van der Waals surface area contributed by atoms with Crippen LogP contribution >= 0.6 is 0 Å².